The van der Waals surface area contributed by atoms with E-state index in [0.717, 1.165) is 17.0 Å². The van der Waals surface area contributed by atoms with Crippen molar-refractivity contribution < 1.29 is 13.2 Å². The molecule has 0 unspecified atom stereocenters. The van der Waals surface area contributed by atoms with Gasteiger partial charge >= 0.3 is 0 Å². The molecule has 0 aliphatic heterocycles. The molecule has 0 atom stereocenters. The standard InChI is InChI=1S/C14H19N3O3S/c1-17-10-14(7-12(17)8-15)21(18,19)16-9-11-3-5-13(20-2)6-4-11/h3-7,10,16H,8-9,15H2,1-2H3. The second kappa shape index (κ2) is 6.30. The highest BCUT2D eigenvalue weighted by atomic mass is 32.2. The van der Waals surface area contributed by atoms with Gasteiger partial charge in [-0.05, 0) is 23.8 Å². The van der Waals surface area contributed by atoms with Crippen LogP contribution in [-0.2, 0) is 30.2 Å². The maximum absolute atomic E-state index is 12.2. The largest absolute Gasteiger partial charge is 0.497 e. The van der Waals surface area contributed by atoms with Crippen molar-refractivity contribution in [2.45, 2.75) is 18.0 Å². The third-order valence-corrected chi connectivity index (χ3v) is 4.60. The number of aryl methyl sites for hydroxylation is 1. The summed E-state index contributed by atoms with van der Waals surface area (Å²) in [6.45, 7) is 0.518. The summed E-state index contributed by atoms with van der Waals surface area (Å²) in [6, 6.07) is 8.79. The van der Waals surface area contributed by atoms with E-state index in [1.165, 1.54) is 0 Å². The molecule has 2 rings (SSSR count). The fourth-order valence-electron chi connectivity index (χ4n) is 1.93. The highest BCUT2D eigenvalue weighted by molar-refractivity contribution is 7.89. The van der Waals surface area contributed by atoms with E-state index >= 15 is 0 Å². The third-order valence-electron chi connectivity index (χ3n) is 3.23. The summed E-state index contributed by atoms with van der Waals surface area (Å²) in [5, 5.41) is 0. The van der Waals surface area contributed by atoms with Gasteiger partial charge in [-0.3, -0.25) is 0 Å². The molecule has 0 bridgehead atoms. The topological polar surface area (TPSA) is 86.3 Å². The van der Waals surface area contributed by atoms with E-state index in [1.54, 1.807) is 43.1 Å². The van der Waals surface area contributed by atoms with Crippen molar-refractivity contribution in [1.82, 2.24) is 9.29 Å². The molecule has 0 amide bonds. The van der Waals surface area contributed by atoms with Gasteiger partial charge in [0.2, 0.25) is 10.0 Å². The molecular formula is C14H19N3O3S. The number of hydrogen-bond donors (Lipinski definition) is 2. The quantitative estimate of drug-likeness (QED) is 0.832. The van der Waals surface area contributed by atoms with Crippen LogP contribution in [0.3, 0.4) is 0 Å². The minimum absolute atomic E-state index is 0.221. The summed E-state index contributed by atoms with van der Waals surface area (Å²) in [4.78, 5) is 0.221. The number of ether oxygens (including phenoxy) is 1. The monoisotopic (exact) mass is 309 g/mol. The molecule has 1 heterocycles. The maximum atomic E-state index is 12.2. The van der Waals surface area contributed by atoms with Gasteiger partial charge in [-0.25, -0.2) is 13.1 Å². The van der Waals surface area contributed by atoms with Gasteiger partial charge in [-0.2, -0.15) is 0 Å². The Morgan fingerprint density at radius 2 is 1.95 bits per heavy atom. The lowest BCUT2D eigenvalue weighted by Crippen LogP contribution is -2.22. The molecule has 21 heavy (non-hydrogen) atoms. The van der Waals surface area contributed by atoms with Gasteiger partial charge in [-0.15, -0.1) is 0 Å². The molecule has 2 aromatic rings. The summed E-state index contributed by atoms with van der Waals surface area (Å²) in [6.07, 6.45) is 1.55. The summed E-state index contributed by atoms with van der Waals surface area (Å²) in [7, 11) is -0.190. The zero-order valence-corrected chi connectivity index (χ0v) is 12.9. The molecule has 1 aromatic heterocycles. The number of nitrogens with two attached hydrogens (primary N) is 1. The highest BCUT2D eigenvalue weighted by Crippen LogP contribution is 2.15. The van der Waals surface area contributed by atoms with Crippen molar-refractivity contribution in [3.63, 3.8) is 0 Å². The Kier molecular flexibility index (Phi) is 4.66. The van der Waals surface area contributed by atoms with Crippen molar-refractivity contribution in [3.05, 3.63) is 47.8 Å². The molecule has 0 saturated heterocycles. The number of nitrogens with one attached hydrogen (secondary N) is 1. The zero-order chi connectivity index (χ0) is 15.5. The first-order valence-corrected chi connectivity index (χ1v) is 7.92. The smallest absolute Gasteiger partial charge is 0.242 e. The molecule has 0 fully saturated rings. The first kappa shape index (κ1) is 15.6. The molecule has 7 heteroatoms. The minimum atomic E-state index is -3.54. The van der Waals surface area contributed by atoms with Gasteiger partial charge in [0.1, 0.15) is 5.75 Å². The Morgan fingerprint density at radius 1 is 1.29 bits per heavy atom. The Balaban J connectivity index is 2.09. The SMILES string of the molecule is COc1ccc(CNS(=O)(=O)c2cc(CN)n(C)c2)cc1. The van der Waals surface area contributed by atoms with Crippen LogP contribution in [0.4, 0.5) is 0 Å². The van der Waals surface area contributed by atoms with Gasteiger partial charge in [0, 0.05) is 32.0 Å². The predicted octanol–water partition coefficient (Wildman–Crippen LogP) is 0.971. The normalized spacial score (nSPS) is 11.6. The number of rotatable bonds is 6. The number of nitrogens with zero attached hydrogens (tertiary/aromatic N) is 1. The van der Waals surface area contributed by atoms with Crippen LogP contribution in [-0.4, -0.2) is 20.1 Å². The van der Waals surface area contributed by atoms with Crippen molar-refractivity contribution in [1.29, 1.82) is 0 Å². The van der Waals surface area contributed by atoms with Crippen molar-refractivity contribution in [2.75, 3.05) is 7.11 Å². The Bertz CT molecular complexity index is 706. The highest BCUT2D eigenvalue weighted by Gasteiger charge is 2.16. The van der Waals surface area contributed by atoms with Crippen molar-refractivity contribution >= 4 is 10.0 Å². The van der Waals surface area contributed by atoms with E-state index in [2.05, 4.69) is 4.72 Å². The van der Waals surface area contributed by atoms with E-state index in [9.17, 15) is 8.42 Å². The molecule has 0 spiro atoms. The van der Waals surface area contributed by atoms with Gasteiger partial charge < -0.3 is 15.0 Å². The lowest BCUT2D eigenvalue weighted by molar-refractivity contribution is 0.414. The molecule has 0 radical (unpaired) electrons. The van der Waals surface area contributed by atoms with E-state index in [4.69, 9.17) is 10.5 Å². The summed E-state index contributed by atoms with van der Waals surface area (Å²) < 4.78 is 33.8. The van der Waals surface area contributed by atoms with Gasteiger partial charge in [0.25, 0.3) is 0 Å². The molecule has 114 valence electrons. The van der Waals surface area contributed by atoms with Crippen LogP contribution in [0.2, 0.25) is 0 Å². The first-order chi connectivity index (χ1) is 9.96. The summed E-state index contributed by atoms with van der Waals surface area (Å²) >= 11 is 0. The van der Waals surface area contributed by atoms with Crippen LogP contribution in [0.25, 0.3) is 0 Å². The van der Waals surface area contributed by atoms with Gasteiger partial charge in [0.15, 0.2) is 0 Å². The molecule has 6 nitrogen and oxygen atoms in total. The van der Waals surface area contributed by atoms with Crippen LogP contribution in [0.5, 0.6) is 5.75 Å². The molecule has 3 N–H and O–H groups in total. The summed E-state index contributed by atoms with van der Waals surface area (Å²) in [5.41, 5.74) is 7.17. The van der Waals surface area contributed by atoms with Crippen molar-refractivity contribution in [2.24, 2.45) is 12.8 Å². The maximum Gasteiger partial charge on any atom is 0.242 e. The van der Waals surface area contributed by atoms with E-state index in [1.807, 2.05) is 12.1 Å². The van der Waals surface area contributed by atoms with Crippen LogP contribution in [0, 0.1) is 0 Å². The number of hydrogen-bond acceptors (Lipinski definition) is 4. The first-order valence-electron chi connectivity index (χ1n) is 6.44. The fourth-order valence-corrected chi connectivity index (χ4v) is 3.04. The number of methoxy groups -OCH3 is 1. The molecule has 1 aromatic carbocycles. The van der Waals surface area contributed by atoms with E-state index < -0.39 is 10.0 Å². The number of sulfonamides is 1. The summed E-state index contributed by atoms with van der Waals surface area (Å²) in [5.74, 6) is 0.734. The van der Waals surface area contributed by atoms with Crippen LogP contribution < -0.4 is 15.2 Å². The third kappa shape index (κ3) is 3.63. The number of benzene rings is 1. The zero-order valence-electron chi connectivity index (χ0n) is 12.0. The average molecular weight is 309 g/mol. The molecule has 0 aliphatic carbocycles. The lowest BCUT2D eigenvalue weighted by Gasteiger charge is -2.06. The fraction of sp³-hybridized carbons (Fsp3) is 0.286. The van der Waals surface area contributed by atoms with Crippen LogP contribution in [0.15, 0.2) is 41.4 Å². The average Bonchev–Trinajstić information content (AvgIpc) is 2.88. The second-order valence-corrected chi connectivity index (χ2v) is 6.42. The molecular weight excluding hydrogens is 290 g/mol. The van der Waals surface area contributed by atoms with Crippen molar-refractivity contribution in [3.8, 4) is 5.75 Å². The van der Waals surface area contributed by atoms with Crippen LogP contribution in [0.1, 0.15) is 11.3 Å². The van der Waals surface area contributed by atoms with Gasteiger partial charge in [0.05, 0.1) is 12.0 Å². The minimum Gasteiger partial charge on any atom is -0.497 e. The lowest BCUT2D eigenvalue weighted by atomic mass is 10.2. The van der Waals surface area contributed by atoms with Crippen LogP contribution >= 0.6 is 0 Å². The van der Waals surface area contributed by atoms with Gasteiger partial charge in [-0.1, -0.05) is 12.1 Å². The Labute approximate surface area is 124 Å². The number of aromatic nitrogens is 1. The van der Waals surface area contributed by atoms with E-state index in [-0.39, 0.29) is 11.4 Å². The predicted molar refractivity (Wildman–Crippen MR) is 80.3 cm³/mol. The Hall–Kier alpha value is -1.83. The Morgan fingerprint density at radius 3 is 2.48 bits per heavy atom. The second-order valence-electron chi connectivity index (χ2n) is 4.65. The van der Waals surface area contributed by atoms with E-state index in [0.29, 0.717) is 6.54 Å². The molecule has 0 aliphatic rings. The molecule has 0 saturated carbocycles.